The van der Waals surface area contributed by atoms with Crippen molar-refractivity contribution in [2.24, 2.45) is 0 Å². The average molecular weight is 483 g/mol. The zero-order valence-corrected chi connectivity index (χ0v) is 19.3. The molecule has 1 amide bonds. The summed E-state index contributed by atoms with van der Waals surface area (Å²) in [4.78, 5) is 37.2. The van der Waals surface area contributed by atoms with Gasteiger partial charge in [0, 0.05) is 30.2 Å². The number of amides is 1. The lowest BCUT2D eigenvalue weighted by Crippen LogP contribution is -2.20. The number of carboxylic acids is 1. The average Bonchev–Trinajstić information content (AvgIpc) is 3.43. The number of anilines is 4. The van der Waals surface area contributed by atoms with Crippen LogP contribution in [0.2, 0.25) is 0 Å². The number of carboxylic acid groups (broad SMARTS) is 1. The summed E-state index contributed by atoms with van der Waals surface area (Å²) >= 11 is 0. The molecule has 4 aromatic heterocycles. The zero-order valence-electron chi connectivity index (χ0n) is 19.3. The summed E-state index contributed by atoms with van der Waals surface area (Å²) in [5.41, 5.74) is 9.03. The number of nitrogens with zero attached hydrogens (tertiary/aromatic N) is 6. The van der Waals surface area contributed by atoms with E-state index in [9.17, 15) is 14.7 Å². The molecule has 0 spiro atoms. The van der Waals surface area contributed by atoms with Gasteiger partial charge in [-0.05, 0) is 49.7 Å². The zero-order chi connectivity index (χ0) is 25.4. The Hall–Kier alpha value is -5.26. The molecule has 5 rings (SSSR count). The van der Waals surface area contributed by atoms with Crippen molar-refractivity contribution >= 4 is 40.8 Å². The Morgan fingerprint density at radius 1 is 1.00 bits per heavy atom. The summed E-state index contributed by atoms with van der Waals surface area (Å²) in [5, 5.41) is 19.3. The summed E-state index contributed by atoms with van der Waals surface area (Å²) < 4.78 is 3.00. The molecular weight excluding hydrogens is 462 g/mol. The third-order valence-corrected chi connectivity index (χ3v) is 5.38. The normalized spacial score (nSPS) is 10.9. The predicted molar refractivity (Wildman–Crippen MR) is 133 cm³/mol. The second-order valence-electron chi connectivity index (χ2n) is 8.00. The largest absolute Gasteiger partial charge is 0.478 e. The van der Waals surface area contributed by atoms with Gasteiger partial charge in [-0.3, -0.25) is 4.40 Å². The topological polar surface area (TPSA) is 165 Å². The monoisotopic (exact) mass is 483 g/mol. The molecule has 0 unspecified atom stereocenters. The van der Waals surface area contributed by atoms with Gasteiger partial charge < -0.3 is 21.5 Å². The molecule has 5 aromatic rings. The Morgan fingerprint density at radius 2 is 1.83 bits per heavy atom. The van der Waals surface area contributed by atoms with Crippen LogP contribution >= 0.6 is 0 Å². The van der Waals surface area contributed by atoms with Crippen LogP contribution < -0.4 is 16.4 Å². The molecule has 4 heterocycles. The van der Waals surface area contributed by atoms with Gasteiger partial charge in [-0.25, -0.2) is 24.5 Å². The van der Waals surface area contributed by atoms with Gasteiger partial charge in [0.05, 0.1) is 11.3 Å². The van der Waals surface area contributed by atoms with Crippen LogP contribution in [0.4, 0.5) is 27.9 Å². The third-order valence-electron chi connectivity index (χ3n) is 5.38. The number of rotatable bonds is 5. The summed E-state index contributed by atoms with van der Waals surface area (Å²) in [5.74, 6) is 0.686. The van der Waals surface area contributed by atoms with E-state index in [0.717, 1.165) is 4.68 Å². The van der Waals surface area contributed by atoms with Crippen molar-refractivity contribution < 1.29 is 14.7 Å². The number of nitrogens with one attached hydrogen (secondary N) is 2. The van der Waals surface area contributed by atoms with Gasteiger partial charge in [-0.15, -0.1) is 5.10 Å². The lowest BCUT2D eigenvalue weighted by atomic mass is 10.1. The van der Waals surface area contributed by atoms with E-state index in [1.54, 1.807) is 32.0 Å². The number of pyridine rings is 1. The summed E-state index contributed by atoms with van der Waals surface area (Å²) in [6.45, 7) is 3.42. The van der Waals surface area contributed by atoms with Crippen LogP contribution in [0, 0.1) is 13.8 Å². The van der Waals surface area contributed by atoms with Crippen molar-refractivity contribution in [3.05, 3.63) is 77.9 Å². The Morgan fingerprint density at radius 3 is 2.58 bits per heavy atom. The van der Waals surface area contributed by atoms with E-state index in [0.29, 0.717) is 51.6 Å². The van der Waals surface area contributed by atoms with Gasteiger partial charge in [0.1, 0.15) is 23.0 Å². The minimum absolute atomic E-state index is 0.169. The molecule has 1 aromatic carbocycles. The fourth-order valence-electron chi connectivity index (χ4n) is 3.83. The Labute approximate surface area is 204 Å². The molecule has 12 nitrogen and oxygen atoms in total. The number of nitrogen functional groups attached to an aromatic ring is 1. The molecule has 0 saturated carbocycles. The maximum absolute atomic E-state index is 12.7. The van der Waals surface area contributed by atoms with Crippen LogP contribution in [0.1, 0.15) is 21.7 Å². The lowest BCUT2D eigenvalue weighted by molar-refractivity contribution is 0.0696. The number of hydrogen-bond donors (Lipinski definition) is 4. The highest BCUT2D eigenvalue weighted by atomic mass is 16.4. The van der Waals surface area contributed by atoms with E-state index in [1.165, 1.54) is 18.3 Å². The molecule has 180 valence electrons. The fraction of sp³-hybridized carbons (Fsp3) is 0.0833. The van der Waals surface area contributed by atoms with E-state index in [-0.39, 0.29) is 5.56 Å². The first-order valence-electron chi connectivity index (χ1n) is 10.8. The van der Waals surface area contributed by atoms with E-state index in [1.807, 2.05) is 28.8 Å². The molecule has 0 bridgehead atoms. The van der Waals surface area contributed by atoms with E-state index in [2.05, 4.69) is 30.7 Å². The molecule has 0 fully saturated rings. The van der Waals surface area contributed by atoms with E-state index in [4.69, 9.17) is 5.73 Å². The second-order valence-corrected chi connectivity index (χ2v) is 8.00. The molecule has 5 N–H and O–H groups in total. The molecule has 0 radical (unpaired) electrons. The molecule has 0 saturated heterocycles. The second kappa shape index (κ2) is 8.83. The van der Waals surface area contributed by atoms with Crippen LogP contribution in [-0.2, 0) is 0 Å². The molecule has 0 aliphatic carbocycles. The van der Waals surface area contributed by atoms with Crippen molar-refractivity contribution in [2.45, 2.75) is 13.8 Å². The molecule has 0 aliphatic rings. The molecule has 12 heteroatoms. The SMILES string of the molecule is Cc1nc(N)cc(-c2c(Nc3ccn(C(=O)Nc4ccc(C(=O)O)c(C)c4)n3)nc3ccccn23)n1. The Kier molecular flexibility index (Phi) is 5.53. The van der Waals surface area contributed by atoms with Crippen molar-refractivity contribution in [3.63, 3.8) is 0 Å². The number of carbonyl (C=O) groups is 2. The predicted octanol–water partition coefficient (Wildman–Crippen LogP) is 3.71. The Balaban J connectivity index is 1.42. The molecule has 0 aliphatic heterocycles. The molecular formula is C24H21N9O3. The van der Waals surface area contributed by atoms with Crippen molar-refractivity contribution in [3.8, 4) is 11.4 Å². The number of aromatic nitrogens is 6. The summed E-state index contributed by atoms with van der Waals surface area (Å²) in [6.07, 6.45) is 3.36. The lowest BCUT2D eigenvalue weighted by Gasteiger charge is -2.08. The molecule has 0 atom stereocenters. The first kappa shape index (κ1) is 22.5. The number of aromatic carboxylic acids is 1. The first-order chi connectivity index (χ1) is 17.3. The van der Waals surface area contributed by atoms with Crippen LogP contribution in [0.5, 0.6) is 0 Å². The van der Waals surface area contributed by atoms with Gasteiger partial charge in [0.25, 0.3) is 0 Å². The minimum Gasteiger partial charge on any atom is -0.478 e. The van der Waals surface area contributed by atoms with Crippen LogP contribution in [-0.4, -0.2) is 46.2 Å². The van der Waals surface area contributed by atoms with Crippen molar-refractivity contribution in [2.75, 3.05) is 16.4 Å². The third kappa shape index (κ3) is 4.30. The van der Waals surface area contributed by atoms with Gasteiger partial charge in [0.15, 0.2) is 11.6 Å². The molecule has 36 heavy (non-hydrogen) atoms. The highest BCUT2D eigenvalue weighted by Crippen LogP contribution is 2.30. The summed E-state index contributed by atoms with van der Waals surface area (Å²) in [6, 6.07) is 12.9. The van der Waals surface area contributed by atoms with Crippen molar-refractivity contribution in [1.82, 2.24) is 29.1 Å². The first-order valence-corrected chi connectivity index (χ1v) is 10.8. The van der Waals surface area contributed by atoms with E-state index < -0.39 is 12.0 Å². The quantitative estimate of drug-likeness (QED) is 0.291. The number of hydrogen-bond acceptors (Lipinski definition) is 8. The van der Waals surface area contributed by atoms with Gasteiger partial charge >= 0.3 is 12.0 Å². The number of imidazole rings is 1. The van der Waals surface area contributed by atoms with Gasteiger partial charge in [0.2, 0.25) is 0 Å². The summed E-state index contributed by atoms with van der Waals surface area (Å²) in [7, 11) is 0. The highest BCUT2D eigenvalue weighted by Gasteiger charge is 2.18. The number of benzene rings is 1. The van der Waals surface area contributed by atoms with Gasteiger partial charge in [-0.1, -0.05) is 6.07 Å². The Bertz CT molecular complexity index is 1620. The van der Waals surface area contributed by atoms with Crippen LogP contribution in [0.15, 0.2) is 60.9 Å². The van der Waals surface area contributed by atoms with Crippen molar-refractivity contribution in [1.29, 1.82) is 0 Å². The maximum atomic E-state index is 12.7. The number of carbonyl (C=O) groups excluding carboxylic acids is 1. The fourth-order valence-corrected chi connectivity index (χ4v) is 3.83. The van der Waals surface area contributed by atoms with Gasteiger partial charge in [-0.2, -0.15) is 4.68 Å². The highest BCUT2D eigenvalue weighted by molar-refractivity contribution is 5.93. The van der Waals surface area contributed by atoms with E-state index >= 15 is 0 Å². The number of fused-ring (bicyclic) bond motifs is 1. The minimum atomic E-state index is -1.03. The van der Waals surface area contributed by atoms with Crippen LogP contribution in [0.25, 0.3) is 17.0 Å². The standard InChI is InChI=1S/C24H21N9O3/c1-13-11-15(6-7-16(13)23(34)35)28-24(36)33-10-8-19(31-33)29-22-21(17-12-18(25)27-14(2)26-17)32-9-4-3-5-20(32)30-22/h3-12H,1-2H3,(H,28,36)(H,29,31)(H,34,35)(H2,25,26,27). The smallest absolute Gasteiger partial charge is 0.346 e. The maximum Gasteiger partial charge on any atom is 0.346 e. The number of nitrogens with two attached hydrogens (primary N) is 1. The van der Waals surface area contributed by atoms with Crippen LogP contribution in [0.3, 0.4) is 0 Å². The number of aryl methyl sites for hydroxylation is 2.